The third kappa shape index (κ3) is 19.5. The molecular weight excluding hydrogens is 286 g/mol. The van der Waals surface area contributed by atoms with Gasteiger partial charge in [-0.2, -0.15) is 0 Å². The number of carbonyl (C=O) groups is 1. The molecule has 6 heteroatoms. The Hall–Kier alpha value is -0.530. The summed E-state index contributed by atoms with van der Waals surface area (Å²) in [6, 6.07) is 0. The quantitative estimate of drug-likeness (QED) is 0.386. The number of hydrogen-bond acceptors (Lipinski definition) is 6. The minimum absolute atomic E-state index is 0.0290. The third-order valence-corrected chi connectivity index (χ3v) is 2.89. The van der Waals surface area contributed by atoms with Crippen LogP contribution in [0.2, 0.25) is 0 Å². The van der Waals surface area contributed by atoms with Gasteiger partial charge in [0, 0.05) is 6.61 Å². The van der Waals surface area contributed by atoms with E-state index in [4.69, 9.17) is 18.9 Å². The van der Waals surface area contributed by atoms with Crippen LogP contribution in [0.5, 0.6) is 0 Å². The SMILES string of the molecule is CNCCCCCCOCCOCCOCCOCC(C)=O. The van der Waals surface area contributed by atoms with Crippen molar-refractivity contribution in [2.45, 2.75) is 32.6 Å². The molecule has 22 heavy (non-hydrogen) atoms. The maximum Gasteiger partial charge on any atom is 0.155 e. The number of ether oxygens (including phenoxy) is 4. The average Bonchev–Trinajstić information content (AvgIpc) is 2.50. The number of Topliss-reactive ketones (excluding diaryl/α,β-unsaturated/α-hetero) is 1. The van der Waals surface area contributed by atoms with Crippen LogP contribution in [-0.4, -0.2) is 72.2 Å². The fourth-order valence-corrected chi connectivity index (χ4v) is 1.74. The van der Waals surface area contributed by atoms with E-state index in [1.807, 2.05) is 7.05 Å². The Morgan fingerprint density at radius 3 is 1.77 bits per heavy atom. The molecule has 0 rings (SSSR count). The molecule has 0 aliphatic carbocycles. The van der Waals surface area contributed by atoms with Crippen molar-refractivity contribution in [2.24, 2.45) is 0 Å². The monoisotopic (exact) mass is 319 g/mol. The van der Waals surface area contributed by atoms with Crippen molar-refractivity contribution in [3.8, 4) is 0 Å². The van der Waals surface area contributed by atoms with Gasteiger partial charge in [-0.3, -0.25) is 4.79 Å². The van der Waals surface area contributed by atoms with Crippen LogP contribution in [0.4, 0.5) is 0 Å². The van der Waals surface area contributed by atoms with Gasteiger partial charge in [-0.15, -0.1) is 0 Å². The van der Waals surface area contributed by atoms with Crippen LogP contribution in [0.25, 0.3) is 0 Å². The summed E-state index contributed by atoms with van der Waals surface area (Å²) < 4.78 is 21.2. The molecule has 0 amide bonds. The van der Waals surface area contributed by atoms with Gasteiger partial charge in [-0.25, -0.2) is 0 Å². The summed E-state index contributed by atoms with van der Waals surface area (Å²) in [4.78, 5) is 10.6. The molecule has 0 aliphatic heterocycles. The van der Waals surface area contributed by atoms with E-state index >= 15 is 0 Å². The summed E-state index contributed by atoms with van der Waals surface area (Å²) in [5.74, 6) is 0.0290. The average molecular weight is 319 g/mol. The number of nitrogens with one attached hydrogen (secondary N) is 1. The topological polar surface area (TPSA) is 66.0 Å². The molecule has 6 nitrogen and oxygen atoms in total. The maximum absolute atomic E-state index is 10.6. The first-order valence-electron chi connectivity index (χ1n) is 8.22. The normalized spacial score (nSPS) is 11.0. The maximum atomic E-state index is 10.6. The molecule has 0 fully saturated rings. The molecule has 0 unspecified atom stereocenters. The van der Waals surface area contributed by atoms with Crippen LogP contribution in [0.3, 0.4) is 0 Å². The second-order valence-electron chi connectivity index (χ2n) is 5.11. The zero-order chi connectivity index (χ0) is 16.3. The lowest BCUT2D eigenvalue weighted by atomic mass is 10.2. The van der Waals surface area contributed by atoms with E-state index in [-0.39, 0.29) is 12.4 Å². The van der Waals surface area contributed by atoms with E-state index in [2.05, 4.69) is 5.32 Å². The van der Waals surface area contributed by atoms with Gasteiger partial charge in [0.25, 0.3) is 0 Å². The fraction of sp³-hybridized carbons (Fsp3) is 0.938. The van der Waals surface area contributed by atoms with E-state index in [0.29, 0.717) is 39.6 Å². The van der Waals surface area contributed by atoms with E-state index in [1.54, 1.807) is 0 Å². The molecule has 0 aliphatic rings. The predicted octanol–water partition coefficient (Wildman–Crippen LogP) is 1.42. The highest BCUT2D eigenvalue weighted by molar-refractivity contribution is 5.76. The van der Waals surface area contributed by atoms with Crippen LogP contribution in [0.15, 0.2) is 0 Å². The van der Waals surface area contributed by atoms with Crippen LogP contribution in [0, 0.1) is 0 Å². The van der Waals surface area contributed by atoms with Gasteiger partial charge in [-0.1, -0.05) is 12.8 Å². The van der Waals surface area contributed by atoms with Crippen molar-refractivity contribution in [3.63, 3.8) is 0 Å². The Kier molecular flexibility index (Phi) is 18.1. The van der Waals surface area contributed by atoms with E-state index in [1.165, 1.54) is 26.2 Å². The van der Waals surface area contributed by atoms with Crippen molar-refractivity contribution in [1.82, 2.24) is 5.32 Å². The lowest BCUT2D eigenvalue weighted by Gasteiger charge is -2.07. The van der Waals surface area contributed by atoms with E-state index < -0.39 is 0 Å². The number of unbranched alkanes of at least 4 members (excludes halogenated alkanes) is 3. The Labute approximate surface area is 134 Å². The van der Waals surface area contributed by atoms with E-state index in [9.17, 15) is 4.79 Å². The third-order valence-electron chi connectivity index (χ3n) is 2.89. The van der Waals surface area contributed by atoms with Crippen LogP contribution in [0.1, 0.15) is 32.6 Å². The number of hydrogen-bond donors (Lipinski definition) is 1. The Morgan fingerprint density at radius 1 is 0.727 bits per heavy atom. The van der Waals surface area contributed by atoms with Crippen molar-refractivity contribution in [1.29, 1.82) is 0 Å². The molecule has 1 N–H and O–H groups in total. The molecule has 0 atom stereocenters. The number of ketones is 1. The summed E-state index contributed by atoms with van der Waals surface area (Å²) in [7, 11) is 1.98. The minimum atomic E-state index is 0.0290. The second-order valence-corrected chi connectivity index (χ2v) is 5.11. The van der Waals surface area contributed by atoms with Crippen molar-refractivity contribution in [3.05, 3.63) is 0 Å². The summed E-state index contributed by atoms with van der Waals surface area (Å²) in [5, 5.41) is 3.14. The summed E-state index contributed by atoms with van der Waals surface area (Å²) in [6.45, 7) is 6.83. The van der Waals surface area contributed by atoms with Crippen LogP contribution < -0.4 is 5.32 Å². The molecule has 132 valence electrons. The van der Waals surface area contributed by atoms with E-state index in [0.717, 1.165) is 19.6 Å². The molecule has 0 saturated heterocycles. The van der Waals surface area contributed by atoms with Gasteiger partial charge in [0.05, 0.1) is 39.6 Å². The highest BCUT2D eigenvalue weighted by Gasteiger charge is 1.95. The summed E-state index contributed by atoms with van der Waals surface area (Å²) >= 11 is 0. The van der Waals surface area contributed by atoms with Gasteiger partial charge in [0.15, 0.2) is 5.78 Å². The van der Waals surface area contributed by atoms with Crippen LogP contribution >= 0.6 is 0 Å². The lowest BCUT2D eigenvalue weighted by molar-refractivity contribution is -0.122. The molecule has 0 spiro atoms. The standard InChI is InChI=1S/C16H33NO5/c1-16(18)15-22-14-13-21-12-11-20-10-9-19-8-6-4-3-5-7-17-2/h17H,3-15H2,1-2H3. The molecule has 0 saturated carbocycles. The molecular formula is C16H33NO5. The number of carbonyl (C=O) groups excluding carboxylic acids is 1. The molecule has 0 aromatic rings. The number of rotatable bonds is 18. The molecule has 0 bridgehead atoms. The summed E-state index contributed by atoms with van der Waals surface area (Å²) in [6.07, 6.45) is 4.84. The van der Waals surface area contributed by atoms with Gasteiger partial charge < -0.3 is 24.3 Å². The van der Waals surface area contributed by atoms with Gasteiger partial charge >= 0.3 is 0 Å². The van der Waals surface area contributed by atoms with Crippen LogP contribution in [-0.2, 0) is 23.7 Å². The van der Waals surface area contributed by atoms with Crippen molar-refractivity contribution in [2.75, 3.05) is 66.4 Å². The van der Waals surface area contributed by atoms with Crippen molar-refractivity contribution < 1.29 is 23.7 Å². The molecule has 0 aromatic heterocycles. The predicted molar refractivity (Wildman–Crippen MR) is 86.4 cm³/mol. The molecule has 0 heterocycles. The first-order chi connectivity index (χ1) is 10.8. The van der Waals surface area contributed by atoms with Gasteiger partial charge in [0.2, 0.25) is 0 Å². The first kappa shape index (κ1) is 21.5. The lowest BCUT2D eigenvalue weighted by Crippen LogP contribution is -2.13. The Morgan fingerprint density at radius 2 is 1.23 bits per heavy atom. The largest absolute Gasteiger partial charge is 0.379 e. The first-order valence-corrected chi connectivity index (χ1v) is 8.22. The van der Waals surface area contributed by atoms with Crippen molar-refractivity contribution >= 4 is 5.78 Å². The molecule has 0 radical (unpaired) electrons. The minimum Gasteiger partial charge on any atom is -0.379 e. The smallest absolute Gasteiger partial charge is 0.155 e. The zero-order valence-corrected chi connectivity index (χ0v) is 14.2. The zero-order valence-electron chi connectivity index (χ0n) is 14.2. The van der Waals surface area contributed by atoms with Gasteiger partial charge in [0.1, 0.15) is 6.61 Å². The Balaban J connectivity index is 2.95. The highest BCUT2D eigenvalue weighted by atomic mass is 16.6. The highest BCUT2D eigenvalue weighted by Crippen LogP contribution is 1.99. The molecule has 0 aromatic carbocycles. The van der Waals surface area contributed by atoms with Gasteiger partial charge in [-0.05, 0) is 33.4 Å². The second kappa shape index (κ2) is 18.5. The Bertz CT molecular complexity index is 239. The summed E-state index contributed by atoms with van der Waals surface area (Å²) in [5.41, 5.74) is 0. The fourth-order valence-electron chi connectivity index (χ4n) is 1.74.